The summed E-state index contributed by atoms with van der Waals surface area (Å²) in [6.45, 7) is 0. The number of nitrogens with one attached hydrogen (secondary N) is 2. The Labute approximate surface area is 182 Å². The summed E-state index contributed by atoms with van der Waals surface area (Å²) >= 11 is 5.02. The minimum absolute atomic E-state index is 0.159. The number of hydrogen-bond donors (Lipinski definition) is 2. The van der Waals surface area contributed by atoms with Crippen LogP contribution in [0.1, 0.15) is 15.9 Å². The van der Waals surface area contributed by atoms with E-state index in [4.69, 9.17) is 0 Å². The number of anilines is 1. The molecular weight excluding hydrogens is 448 g/mol. The maximum atomic E-state index is 13.0. The minimum Gasteiger partial charge on any atom is -0.321 e. The second kappa shape index (κ2) is 10.1. The third-order valence-corrected chi connectivity index (χ3v) is 5.23. The Balaban J connectivity index is 1.89. The van der Waals surface area contributed by atoms with Crippen molar-refractivity contribution >= 4 is 51.3 Å². The van der Waals surface area contributed by atoms with E-state index in [0.717, 1.165) is 14.9 Å². The lowest BCUT2D eigenvalue weighted by atomic mass is 10.1. The van der Waals surface area contributed by atoms with Crippen LogP contribution < -0.4 is 10.6 Å². The lowest BCUT2D eigenvalue weighted by Crippen LogP contribution is -2.30. The van der Waals surface area contributed by atoms with Gasteiger partial charge in [-0.3, -0.25) is 9.59 Å². The molecule has 0 aliphatic rings. The molecule has 2 amide bonds. The van der Waals surface area contributed by atoms with Crippen molar-refractivity contribution in [3.8, 4) is 0 Å². The van der Waals surface area contributed by atoms with Crippen molar-refractivity contribution in [3.05, 3.63) is 100 Å². The average molecular weight is 467 g/mol. The first-order valence-corrected chi connectivity index (χ1v) is 10.9. The van der Waals surface area contributed by atoms with E-state index in [1.807, 2.05) is 60.9 Å². The molecule has 2 N–H and O–H groups in total. The second-order valence-electron chi connectivity index (χ2n) is 6.12. The Morgan fingerprint density at radius 2 is 1.69 bits per heavy atom. The number of benzene rings is 3. The second-order valence-corrected chi connectivity index (χ2v) is 7.91. The van der Waals surface area contributed by atoms with Crippen LogP contribution in [0.25, 0.3) is 6.08 Å². The third kappa shape index (κ3) is 6.07. The molecular formula is C23H19BrN2O2S. The zero-order valence-corrected chi connectivity index (χ0v) is 18.1. The average Bonchev–Trinajstić information content (AvgIpc) is 2.74. The Kier molecular flexibility index (Phi) is 7.27. The maximum Gasteiger partial charge on any atom is 0.272 e. The van der Waals surface area contributed by atoms with E-state index in [0.29, 0.717) is 11.3 Å². The van der Waals surface area contributed by atoms with Gasteiger partial charge in [-0.25, -0.2) is 0 Å². The van der Waals surface area contributed by atoms with Gasteiger partial charge in [0.1, 0.15) is 5.70 Å². The summed E-state index contributed by atoms with van der Waals surface area (Å²) in [4.78, 5) is 26.6. The molecule has 0 fully saturated rings. The number of thioether (sulfide) groups is 1. The standard InChI is InChI=1S/C23H19BrN2O2S/c1-29-20-12-6-11-19(15-20)25-23(28)21(14-16-7-5-10-18(24)13-16)26-22(27)17-8-3-2-4-9-17/h2-15H,1H3,(H,25,28)(H,26,27)/b21-14+. The fourth-order valence-electron chi connectivity index (χ4n) is 2.60. The van der Waals surface area contributed by atoms with Crippen LogP contribution in [0.3, 0.4) is 0 Å². The number of carbonyl (C=O) groups is 2. The topological polar surface area (TPSA) is 58.2 Å². The van der Waals surface area contributed by atoms with Crippen molar-refractivity contribution in [2.45, 2.75) is 4.90 Å². The molecule has 0 bridgehead atoms. The molecule has 0 aliphatic heterocycles. The largest absolute Gasteiger partial charge is 0.321 e. The molecule has 146 valence electrons. The summed E-state index contributed by atoms with van der Waals surface area (Å²) in [5, 5.41) is 5.60. The van der Waals surface area contributed by atoms with E-state index in [1.165, 1.54) is 0 Å². The van der Waals surface area contributed by atoms with E-state index in [2.05, 4.69) is 26.6 Å². The maximum absolute atomic E-state index is 13.0. The van der Waals surface area contributed by atoms with Crippen LogP contribution in [0.5, 0.6) is 0 Å². The van der Waals surface area contributed by atoms with Gasteiger partial charge in [0.05, 0.1) is 0 Å². The van der Waals surface area contributed by atoms with Crippen LogP contribution in [0.15, 0.2) is 93.9 Å². The number of halogens is 1. The number of hydrogen-bond acceptors (Lipinski definition) is 3. The molecule has 0 saturated carbocycles. The quantitative estimate of drug-likeness (QED) is 0.368. The molecule has 0 spiro atoms. The van der Waals surface area contributed by atoms with E-state index in [1.54, 1.807) is 42.1 Å². The molecule has 0 unspecified atom stereocenters. The molecule has 6 heteroatoms. The monoisotopic (exact) mass is 466 g/mol. The zero-order valence-electron chi connectivity index (χ0n) is 15.7. The predicted octanol–water partition coefficient (Wildman–Crippen LogP) is 5.58. The Bertz CT molecular complexity index is 1050. The minimum atomic E-state index is -0.396. The highest BCUT2D eigenvalue weighted by Gasteiger charge is 2.15. The van der Waals surface area contributed by atoms with Crippen LogP contribution in [0, 0.1) is 0 Å². The van der Waals surface area contributed by atoms with Gasteiger partial charge in [-0.05, 0) is 60.4 Å². The van der Waals surface area contributed by atoms with Crippen molar-refractivity contribution in [1.82, 2.24) is 5.32 Å². The van der Waals surface area contributed by atoms with Gasteiger partial charge in [-0.2, -0.15) is 0 Å². The summed E-state index contributed by atoms with van der Waals surface area (Å²) in [6.07, 6.45) is 3.62. The Hall–Kier alpha value is -2.83. The van der Waals surface area contributed by atoms with Crippen molar-refractivity contribution in [3.63, 3.8) is 0 Å². The van der Waals surface area contributed by atoms with Crippen LogP contribution in [-0.4, -0.2) is 18.1 Å². The van der Waals surface area contributed by atoms with E-state index >= 15 is 0 Å². The first-order valence-electron chi connectivity index (χ1n) is 8.84. The van der Waals surface area contributed by atoms with Crippen molar-refractivity contribution in [2.75, 3.05) is 11.6 Å². The van der Waals surface area contributed by atoms with Gasteiger partial charge in [0.15, 0.2) is 0 Å². The van der Waals surface area contributed by atoms with Gasteiger partial charge in [-0.15, -0.1) is 11.8 Å². The fraction of sp³-hybridized carbons (Fsp3) is 0.0435. The highest BCUT2D eigenvalue weighted by Crippen LogP contribution is 2.20. The first kappa shape index (κ1) is 20.9. The van der Waals surface area contributed by atoms with Gasteiger partial charge in [0.25, 0.3) is 11.8 Å². The van der Waals surface area contributed by atoms with Crippen LogP contribution >= 0.6 is 27.7 Å². The predicted molar refractivity (Wildman–Crippen MR) is 123 cm³/mol. The van der Waals surface area contributed by atoms with E-state index in [-0.39, 0.29) is 11.6 Å². The molecule has 3 aromatic rings. The van der Waals surface area contributed by atoms with Crippen molar-refractivity contribution in [2.24, 2.45) is 0 Å². The van der Waals surface area contributed by atoms with Crippen molar-refractivity contribution < 1.29 is 9.59 Å². The summed E-state index contributed by atoms with van der Waals surface area (Å²) in [5.74, 6) is -0.743. The lowest BCUT2D eigenvalue weighted by molar-refractivity contribution is -0.113. The summed E-state index contributed by atoms with van der Waals surface area (Å²) < 4.78 is 0.882. The third-order valence-electron chi connectivity index (χ3n) is 4.02. The lowest BCUT2D eigenvalue weighted by Gasteiger charge is -2.12. The number of amides is 2. The SMILES string of the molecule is CSc1cccc(NC(=O)/C(=C\c2cccc(Br)c2)NC(=O)c2ccccc2)c1. The highest BCUT2D eigenvalue weighted by atomic mass is 79.9. The van der Waals surface area contributed by atoms with Crippen LogP contribution in [0.4, 0.5) is 5.69 Å². The molecule has 0 radical (unpaired) electrons. The Morgan fingerprint density at radius 3 is 2.41 bits per heavy atom. The summed E-state index contributed by atoms with van der Waals surface area (Å²) in [7, 11) is 0. The van der Waals surface area contributed by atoms with Gasteiger partial charge in [0, 0.05) is 20.6 Å². The van der Waals surface area contributed by atoms with Gasteiger partial charge in [-0.1, -0.05) is 52.3 Å². The highest BCUT2D eigenvalue weighted by molar-refractivity contribution is 9.10. The van der Waals surface area contributed by atoms with Gasteiger partial charge in [0.2, 0.25) is 0 Å². The molecule has 0 heterocycles. The smallest absolute Gasteiger partial charge is 0.272 e. The van der Waals surface area contributed by atoms with Crippen molar-refractivity contribution in [1.29, 1.82) is 0 Å². The number of carbonyl (C=O) groups excluding carboxylic acids is 2. The summed E-state index contributed by atoms with van der Waals surface area (Å²) in [5.41, 5.74) is 2.09. The van der Waals surface area contributed by atoms with E-state index in [9.17, 15) is 9.59 Å². The summed E-state index contributed by atoms with van der Waals surface area (Å²) in [6, 6.07) is 23.8. The molecule has 3 aromatic carbocycles. The van der Waals surface area contributed by atoms with Gasteiger partial charge < -0.3 is 10.6 Å². The van der Waals surface area contributed by atoms with Crippen LogP contribution in [-0.2, 0) is 4.79 Å². The number of rotatable bonds is 6. The Morgan fingerprint density at radius 1 is 0.931 bits per heavy atom. The van der Waals surface area contributed by atoms with Crippen LogP contribution in [0.2, 0.25) is 0 Å². The normalized spacial score (nSPS) is 11.0. The zero-order chi connectivity index (χ0) is 20.6. The van der Waals surface area contributed by atoms with Gasteiger partial charge >= 0.3 is 0 Å². The molecule has 0 saturated heterocycles. The first-order chi connectivity index (χ1) is 14.0. The molecule has 4 nitrogen and oxygen atoms in total. The molecule has 3 rings (SSSR count). The van der Waals surface area contributed by atoms with E-state index < -0.39 is 5.91 Å². The molecule has 29 heavy (non-hydrogen) atoms. The molecule has 0 aliphatic carbocycles. The molecule has 0 aromatic heterocycles. The molecule has 0 atom stereocenters. The fourth-order valence-corrected chi connectivity index (χ4v) is 3.48.